The molecule has 0 saturated carbocycles. The third kappa shape index (κ3) is 2.60. The number of fused-ring (bicyclic) bond motifs is 1. The van der Waals surface area contributed by atoms with Crippen LogP contribution in [0.5, 0.6) is 0 Å². The highest BCUT2D eigenvalue weighted by Crippen LogP contribution is 2.31. The normalized spacial score (nSPS) is 15.0. The van der Waals surface area contributed by atoms with E-state index in [0.717, 1.165) is 37.1 Å². The highest BCUT2D eigenvalue weighted by molar-refractivity contribution is 5.91. The van der Waals surface area contributed by atoms with Crippen molar-refractivity contribution >= 4 is 16.7 Å². The molecule has 1 aromatic heterocycles. The van der Waals surface area contributed by atoms with Crippen molar-refractivity contribution in [3.8, 4) is 11.4 Å². The molecule has 0 bridgehead atoms. The molecule has 24 heavy (non-hydrogen) atoms. The molecule has 0 radical (unpaired) electrons. The van der Waals surface area contributed by atoms with E-state index in [1.165, 1.54) is 24.6 Å². The molecule has 122 valence electrons. The Morgan fingerprint density at radius 2 is 1.50 bits per heavy atom. The standard InChI is InChI=1S/C19H17F2N3/c20-14-8-6-9-15(21)17(14)18-22-16-10-3-2-7-13(16)19(23-18)24-11-4-1-5-12-24/h2-3,6-10H,1,4-5,11-12H2. The zero-order valence-corrected chi connectivity index (χ0v) is 13.2. The Kier molecular flexibility index (Phi) is 3.84. The summed E-state index contributed by atoms with van der Waals surface area (Å²) < 4.78 is 28.4. The molecule has 3 nitrogen and oxygen atoms in total. The summed E-state index contributed by atoms with van der Waals surface area (Å²) in [5.41, 5.74) is 0.534. The number of nitrogens with zero attached hydrogens (tertiary/aromatic N) is 3. The van der Waals surface area contributed by atoms with E-state index in [9.17, 15) is 8.78 Å². The number of hydrogen-bond donors (Lipinski definition) is 0. The number of para-hydroxylation sites is 1. The summed E-state index contributed by atoms with van der Waals surface area (Å²) in [7, 11) is 0. The fourth-order valence-electron chi connectivity index (χ4n) is 3.23. The molecule has 0 N–H and O–H groups in total. The topological polar surface area (TPSA) is 29.0 Å². The first-order valence-corrected chi connectivity index (χ1v) is 8.20. The molecule has 0 unspecified atom stereocenters. The van der Waals surface area contributed by atoms with Crippen LogP contribution in [0.4, 0.5) is 14.6 Å². The Bertz CT molecular complexity index is 869. The summed E-state index contributed by atoms with van der Waals surface area (Å²) in [5, 5.41) is 0.917. The minimum absolute atomic E-state index is 0.102. The van der Waals surface area contributed by atoms with E-state index in [-0.39, 0.29) is 11.4 Å². The minimum atomic E-state index is -0.644. The average molecular weight is 325 g/mol. The molecular weight excluding hydrogens is 308 g/mol. The van der Waals surface area contributed by atoms with Crippen LogP contribution in [0.2, 0.25) is 0 Å². The Morgan fingerprint density at radius 3 is 2.25 bits per heavy atom. The number of piperidine rings is 1. The number of anilines is 1. The third-order valence-corrected chi connectivity index (χ3v) is 4.43. The van der Waals surface area contributed by atoms with Crippen LogP contribution in [-0.2, 0) is 0 Å². The quantitative estimate of drug-likeness (QED) is 0.691. The summed E-state index contributed by atoms with van der Waals surface area (Å²) in [6, 6.07) is 11.4. The Morgan fingerprint density at radius 1 is 0.792 bits per heavy atom. The van der Waals surface area contributed by atoms with Crippen molar-refractivity contribution in [1.29, 1.82) is 0 Å². The van der Waals surface area contributed by atoms with Crippen molar-refractivity contribution in [3.63, 3.8) is 0 Å². The van der Waals surface area contributed by atoms with Gasteiger partial charge >= 0.3 is 0 Å². The number of benzene rings is 2. The van der Waals surface area contributed by atoms with Crippen molar-refractivity contribution in [3.05, 3.63) is 54.1 Å². The van der Waals surface area contributed by atoms with Gasteiger partial charge in [0.25, 0.3) is 0 Å². The smallest absolute Gasteiger partial charge is 0.168 e. The summed E-state index contributed by atoms with van der Waals surface area (Å²) >= 11 is 0. The predicted molar refractivity (Wildman–Crippen MR) is 91.0 cm³/mol. The van der Waals surface area contributed by atoms with Gasteiger partial charge in [0.1, 0.15) is 17.5 Å². The van der Waals surface area contributed by atoms with E-state index in [1.807, 2.05) is 24.3 Å². The van der Waals surface area contributed by atoms with E-state index in [2.05, 4.69) is 14.9 Å². The van der Waals surface area contributed by atoms with E-state index in [1.54, 1.807) is 0 Å². The lowest BCUT2D eigenvalue weighted by atomic mass is 10.1. The molecular formula is C19H17F2N3. The van der Waals surface area contributed by atoms with Gasteiger partial charge in [0.2, 0.25) is 0 Å². The van der Waals surface area contributed by atoms with Crippen molar-refractivity contribution in [1.82, 2.24) is 9.97 Å². The molecule has 3 aromatic rings. The molecule has 5 heteroatoms. The van der Waals surface area contributed by atoms with Gasteiger partial charge in [-0.15, -0.1) is 0 Å². The molecule has 0 amide bonds. The molecule has 0 atom stereocenters. The van der Waals surface area contributed by atoms with Gasteiger partial charge in [-0.1, -0.05) is 18.2 Å². The van der Waals surface area contributed by atoms with E-state index >= 15 is 0 Å². The summed E-state index contributed by atoms with van der Waals surface area (Å²) in [6.07, 6.45) is 3.40. The fourth-order valence-corrected chi connectivity index (χ4v) is 3.23. The fraction of sp³-hybridized carbons (Fsp3) is 0.263. The molecule has 1 fully saturated rings. The van der Waals surface area contributed by atoms with Gasteiger partial charge < -0.3 is 4.90 Å². The number of aromatic nitrogens is 2. The molecule has 2 aromatic carbocycles. The summed E-state index contributed by atoms with van der Waals surface area (Å²) in [6.45, 7) is 1.81. The zero-order valence-electron chi connectivity index (χ0n) is 13.2. The maximum Gasteiger partial charge on any atom is 0.168 e. The van der Waals surface area contributed by atoms with Crippen LogP contribution in [0.25, 0.3) is 22.3 Å². The molecule has 1 aliphatic heterocycles. The van der Waals surface area contributed by atoms with Crippen molar-refractivity contribution < 1.29 is 8.78 Å². The van der Waals surface area contributed by atoms with Crippen LogP contribution in [0, 0.1) is 11.6 Å². The summed E-state index contributed by atoms with van der Waals surface area (Å²) in [4.78, 5) is 11.1. The van der Waals surface area contributed by atoms with Crippen molar-refractivity contribution in [2.45, 2.75) is 19.3 Å². The monoisotopic (exact) mass is 325 g/mol. The molecule has 1 saturated heterocycles. The second-order valence-electron chi connectivity index (χ2n) is 6.03. The predicted octanol–water partition coefficient (Wildman–Crippen LogP) is 4.57. The maximum absolute atomic E-state index is 14.2. The highest BCUT2D eigenvalue weighted by Gasteiger charge is 2.20. The Balaban J connectivity index is 1.94. The van der Waals surface area contributed by atoms with E-state index in [4.69, 9.17) is 0 Å². The van der Waals surface area contributed by atoms with Crippen molar-refractivity contribution in [2.75, 3.05) is 18.0 Å². The molecule has 4 rings (SSSR count). The summed E-state index contributed by atoms with van der Waals surface area (Å²) in [5.74, 6) is -0.424. The molecule has 2 heterocycles. The second kappa shape index (κ2) is 6.15. The largest absolute Gasteiger partial charge is 0.356 e. The zero-order chi connectivity index (χ0) is 16.5. The van der Waals surface area contributed by atoms with E-state index in [0.29, 0.717) is 5.52 Å². The average Bonchev–Trinajstić information content (AvgIpc) is 2.62. The lowest BCUT2D eigenvalue weighted by molar-refractivity contribution is 0.573. The molecule has 0 spiro atoms. The molecule has 1 aliphatic rings. The van der Waals surface area contributed by atoms with Crippen molar-refractivity contribution in [2.24, 2.45) is 0 Å². The maximum atomic E-state index is 14.2. The van der Waals surface area contributed by atoms with Crippen LogP contribution >= 0.6 is 0 Å². The van der Waals surface area contributed by atoms with Gasteiger partial charge in [-0.2, -0.15) is 0 Å². The van der Waals surface area contributed by atoms with Crippen LogP contribution in [0.15, 0.2) is 42.5 Å². The Hall–Kier alpha value is -2.56. The van der Waals surface area contributed by atoms with Gasteiger partial charge in [-0.05, 0) is 43.5 Å². The van der Waals surface area contributed by atoms with Gasteiger partial charge in [0.05, 0.1) is 11.1 Å². The molecule has 0 aliphatic carbocycles. The van der Waals surface area contributed by atoms with Gasteiger partial charge in [-0.25, -0.2) is 18.7 Å². The van der Waals surface area contributed by atoms with Crippen LogP contribution < -0.4 is 4.90 Å². The second-order valence-corrected chi connectivity index (χ2v) is 6.03. The van der Waals surface area contributed by atoms with E-state index < -0.39 is 11.6 Å². The number of hydrogen-bond acceptors (Lipinski definition) is 3. The SMILES string of the molecule is Fc1cccc(F)c1-c1nc(N2CCCCC2)c2ccccc2n1. The van der Waals surface area contributed by atoms with Gasteiger partial charge in [0.15, 0.2) is 5.82 Å². The first-order chi connectivity index (χ1) is 11.7. The van der Waals surface area contributed by atoms with Gasteiger partial charge in [0, 0.05) is 18.5 Å². The van der Waals surface area contributed by atoms with Crippen LogP contribution in [0.1, 0.15) is 19.3 Å². The number of halogens is 2. The van der Waals surface area contributed by atoms with Crippen LogP contribution in [-0.4, -0.2) is 23.1 Å². The first kappa shape index (κ1) is 15.0. The Labute approximate surface area is 139 Å². The third-order valence-electron chi connectivity index (χ3n) is 4.43. The van der Waals surface area contributed by atoms with Gasteiger partial charge in [-0.3, -0.25) is 0 Å². The first-order valence-electron chi connectivity index (χ1n) is 8.20. The van der Waals surface area contributed by atoms with Crippen LogP contribution in [0.3, 0.4) is 0 Å². The highest BCUT2D eigenvalue weighted by atomic mass is 19.1. The lowest BCUT2D eigenvalue weighted by Crippen LogP contribution is -2.30. The number of rotatable bonds is 2. The lowest BCUT2D eigenvalue weighted by Gasteiger charge is -2.29. The minimum Gasteiger partial charge on any atom is -0.356 e.